The summed E-state index contributed by atoms with van der Waals surface area (Å²) in [7, 11) is 0. The summed E-state index contributed by atoms with van der Waals surface area (Å²) in [4.78, 5) is 25.2. The van der Waals surface area contributed by atoms with Gasteiger partial charge in [-0.2, -0.15) is 23.5 Å². The summed E-state index contributed by atoms with van der Waals surface area (Å²) in [6.45, 7) is 8.19. The van der Waals surface area contributed by atoms with Crippen LogP contribution in [0.25, 0.3) is 0 Å². The maximum Gasteiger partial charge on any atom is 0.334 e. The summed E-state index contributed by atoms with van der Waals surface area (Å²) in [6, 6.07) is 0. The number of hydrogen-bond acceptors (Lipinski definition) is 6. The Morgan fingerprint density at radius 3 is 2.13 bits per heavy atom. The molecule has 5 aliphatic rings. The minimum absolute atomic E-state index is 0.0356. The van der Waals surface area contributed by atoms with Crippen LogP contribution in [0.15, 0.2) is 24.3 Å². The second-order valence-electron chi connectivity index (χ2n) is 9.81. The second kappa shape index (κ2) is 8.23. The molecule has 2 heterocycles. The lowest BCUT2D eigenvalue weighted by atomic mass is 9.90. The van der Waals surface area contributed by atoms with Crippen molar-refractivity contribution < 1.29 is 19.1 Å². The largest absolute Gasteiger partial charge is 0.459 e. The Morgan fingerprint density at radius 2 is 1.50 bits per heavy atom. The number of carbonyl (C=O) groups is 2. The van der Waals surface area contributed by atoms with Gasteiger partial charge in [0.05, 0.1) is 0 Å². The van der Waals surface area contributed by atoms with E-state index in [0.29, 0.717) is 34.8 Å². The summed E-state index contributed by atoms with van der Waals surface area (Å²) >= 11 is 3.97. The predicted octanol–water partition coefficient (Wildman–Crippen LogP) is 4.64. The van der Waals surface area contributed by atoms with Crippen LogP contribution in [0.2, 0.25) is 0 Å². The van der Waals surface area contributed by atoms with E-state index >= 15 is 0 Å². The molecule has 3 aliphatic carbocycles. The van der Waals surface area contributed by atoms with Gasteiger partial charge in [0.1, 0.15) is 12.2 Å². The van der Waals surface area contributed by atoms with Crippen LogP contribution < -0.4 is 0 Å². The van der Waals surface area contributed by atoms with E-state index in [1.165, 1.54) is 12.2 Å². The summed E-state index contributed by atoms with van der Waals surface area (Å²) in [6.07, 6.45) is 6.21. The number of carbonyl (C=O) groups excluding carboxylic acids is 2. The molecule has 164 valence electrons. The maximum absolute atomic E-state index is 12.7. The first kappa shape index (κ1) is 21.0. The van der Waals surface area contributed by atoms with Crippen molar-refractivity contribution >= 4 is 35.5 Å². The van der Waals surface area contributed by atoms with E-state index in [1.807, 2.05) is 23.5 Å². The fourth-order valence-electron chi connectivity index (χ4n) is 5.98. The SMILES string of the molecule is C=C(C(=O)OC1CCC(OC(=O)C(=C)C23CCSCC2C3)CC1)C1C2CCSCC21. The zero-order chi connectivity index (χ0) is 20.9. The van der Waals surface area contributed by atoms with Crippen molar-refractivity contribution in [3.8, 4) is 0 Å². The first-order chi connectivity index (χ1) is 14.5. The molecule has 0 aromatic heterocycles. The van der Waals surface area contributed by atoms with E-state index in [0.717, 1.165) is 55.8 Å². The number of ether oxygens (including phenoxy) is 2. The first-order valence-electron chi connectivity index (χ1n) is 11.5. The lowest BCUT2D eigenvalue weighted by Gasteiger charge is -2.30. The van der Waals surface area contributed by atoms with Crippen LogP contribution in [0.3, 0.4) is 0 Å². The Hall–Kier alpha value is -0.880. The van der Waals surface area contributed by atoms with Crippen LogP contribution in [0, 0.1) is 29.1 Å². The van der Waals surface area contributed by atoms with E-state index in [-0.39, 0.29) is 29.6 Å². The Morgan fingerprint density at radius 1 is 0.833 bits per heavy atom. The molecule has 3 saturated carbocycles. The minimum atomic E-state index is -0.206. The van der Waals surface area contributed by atoms with Crippen molar-refractivity contribution in [2.75, 3.05) is 23.0 Å². The number of esters is 2. The molecular weight excluding hydrogens is 416 g/mol. The monoisotopic (exact) mass is 448 g/mol. The summed E-state index contributed by atoms with van der Waals surface area (Å²) in [5.74, 6) is 6.48. The molecule has 0 aromatic carbocycles. The van der Waals surface area contributed by atoms with E-state index in [2.05, 4.69) is 13.2 Å². The molecule has 4 nitrogen and oxygen atoms in total. The van der Waals surface area contributed by atoms with Crippen LogP contribution in [0.1, 0.15) is 44.9 Å². The fourth-order valence-corrected chi connectivity index (χ4v) is 8.71. The number of rotatable bonds is 6. The van der Waals surface area contributed by atoms with Gasteiger partial charge in [0.2, 0.25) is 0 Å². The third-order valence-corrected chi connectivity index (χ3v) is 10.4. The van der Waals surface area contributed by atoms with Gasteiger partial charge in [-0.25, -0.2) is 9.59 Å². The van der Waals surface area contributed by atoms with E-state index < -0.39 is 0 Å². The summed E-state index contributed by atoms with van der Waals surface area (Å²) < 4.78 is 11.6. The molecule has 2 saturated heterocycles. The summed E-state index contributed by atoms with van der Waals surface area (Å²) in [5, 5.41) is 0. The Kier molecular flexibility index (Phi) is 5.76. The van der Waals surface area contributed by atoms with Gasteiger partial charge in [-0.15, -0.1) is 0 Å². The number of hydrogen-bond donors (Lipinski definition) is 0. The fraction of sp³-hybridized carbons (Fsp3) is 0.750. The molecule has 0 amide bonds. The molecule has 5 unspecified atom stereocenters. The van der Waals surface area contributed by atoms with Crippen molar-refractivity contribution in [3.05, 3.63) is 24.3 Å². The maximum atomic E-state index is 12.7. The van der Waals surface area contributed by atoms with Gasteiger partial charge >= 0.3 is 11.9 Å². The topological polar surface area (TPSA) is 52.6 Å². The highest BCUT2D eigenvalue weighted by molar-refractivity contribution is 7.99. The molecule has 5 fully saturated rings. The van der Waals surface area contributed by atoms with E-state index in [1.54, 1.807) is 0 Å². The summed E-state index contributed by atoms with van der Waals surface area (Å²) in [5.41, 5.74) is 1.41. The Balaban J connectivity index is 1.05. The standard InChI is InChI=1S/C24H32O4S2/c1-14(21-19-7-9-29-13-20(19)21)22(25)27-17-3-5-18(6-4-17)28-23(26)15(2)24-8-10-30-12-16(24)11-24/h16-21H,1-13H2. The van der Waals surface area contributed by atoms with E-state index in [4.69, 9.17) is 9.47 Å². The van der Waals surface area contributed by atoms with Crippen LogP contribution in [-0.4, -0.2) is 47.2 Å². The number of fused-ring (bicyclic) bond motifs is 2. The van der Waals surface area contributed by atoms with Crippen molar-refractivity contribution in [1.82, 2.24) is 0 Å². The third-order valence-electron chi connectivity index (χ3n) is 8.16. The highest BCUT2D eigenvalue weighted by Crippen LogP contribution is 2.64. The van der Waals surface area contributed by atoms with Gasteiger partial charge in [-0.1, -0.05) is 13.2 Å². The molecule has 30 heavy (non-hydrogen) atoms. The molecule has 6 heteroatoms. The van der Waals surface area contributed by atoms with Crippen LogP contribution in [0.4, 0.5) is 0 Å². The van der Waals surface area contributed by atoms with Gasteiger partial charge in [0.15, 0.2) is 0 Å². The molecule has 0 spiro atoms. The van der Waals surface area contributed by atoms with Gasteiger partial charge in [0, 0.05) is 16.6 Å². The molecule has 0 bridgehead atoms. The molecule has 5 atom stereocenters. The smallest absolute Gasteiger partial charge is 0.334 e. The quantitative estimate of drug-likeness (QED) is 0.436. The van der Waals surface area contributed by atoms with Crippen LogP contribution in [-0.2, 0) is 19.1 Å². The van der Waals surface area contributed by atoms with Crippen LogP contribution >= 0.6 is 23.5 Å². The number of thioether (sulfide) groups is 2. The van der Waals surface area contributed by atoms with Gasteiger partial charge < -0.3 is 9.47 Å². The molecule has 0 aromatic rings. The van der Waals surface area contributed by atoms with E-state index in [9.17, 15) is 9.59 Å². The van der Waals surface area contributed by atoms with Gasteiger partial charge in [0.25, 0.3) is 0 Å². The molecule has 2 aliphatic heterocycles. The predicted molar refractivity (Wildman–Crippen MR) is 121 cm³/mol. The zero-order valence-electron chi connectivity index (χ0n) is 17.6. The third kappa shape index (κ3) is 3.87. The lowest BCUT2D eigenvalue weighted by Crippen LogP contribution is -2.31. The first-order valence-corrected chi connectivity index (χ1v) is 13.8. The highest BCUT2D eigenvalue weighted by atomic mass is 32.2. The lowest BCUT2D eigenvalue weighted by molar-refractivity contribution is -0.154. The van der Waals surface area contributed by atoms with Gasteiger partial charge in [-0.3, -0.25) is 0 Å². The molecule has 0 radical (unpaired) electrons. The van der Waals surface area contributed by atoms with Crippen LogP contribution in [0.5, 0.6) is 0 Å². The van der Waals surface area contributed by atoms with Gasteiger partial charge in [-0.05, 0) is 91.6 Å². The molecule has 5 rings (SSSR count). The average molecular weight is 449 g/mol. The minimum Gasteiger partial charge on any atom is -0.459 e. The Bertz CT molecular complexity index is 744. The highest BCUT2D eigenvalue weighted by Gasteiger charge is 2.59. The van der Waals surface area contributed by atoms with Crippen molar-refractivity contribution in [2.45, 2.75) is 57.2 Å². The van der Waals surface area contributed by atoms with Crippen molar-refractivity contribution in [2.24, 2.45) is 29.1 Å². The van der Waals surface area contributed by atoms with Crippen molar-refractivity contribution in [1.29, 1.82) is 0 Å². The normalized spacial score (nSPS) is 41.6. The zero-order valence-corrected chi connectivity index (χ0v) is 19.2. The molecular formula is C24H32O4S2. The Labute approximate surface area is 188 Å². The average Bonchev–Trinajstić information content (AvgIpc) is 3.66. The second-order valence-corrected chi connectivity index (χ2v) is 12.1. The van der Waals surface area contributed by atoms with Crippen molar-refractivity contribution in [3.63, 3.8) is 0 Å². The molecule has 0 N–H and O–H groups in total.